The zero-order valence-corrected chi connectivity index (χ0v) is 12.6. The summed E-state index contributed by atoms with van der Waals surface area (Å²) in [5.74, 6) is 1.00. The molecule has 0 spiro atoms. The van der Waals surface area contributed by atoms with Crippen molar-refractivity contribution >= 4 is 5.95 Å². The third-order valence-corrected chi connectivity index (χ3v) is 3.61. The highest BCUT2D eigenvalue weighted by Crippen LogP contribution is 2.31. The zero-order valence-electron chi connectivity index (χ0n) is 12.6. The first kappa shape index (κ1) is 14.3. The van der Waals surface area contributed by atoms with Crippen molar-refractivity contribution in [2.24, 2.45) is 0 Å². The quantitative estimate of drug-likeness (QED) is 0.760. The van der Waals surface area contributed by atoms with Gasteiger partial charge in [-0.2, -0.15) is 0 Å². The molecule has 1 aromatic carbocycles. The largest absolute Gasteiger partial charge is 0.463 e. The van der Waals surface area contributed by atoms with Gasteiger partial charge < -0.3 is 10.2 Å². The average Bonchev–Trinajstić information content (AvgIpc) is 3.08. The van der Waals surface area contributed by atoms with E-state index in [-0.39, 0.29) is 5.95 Å². The first-order chi connectivity index (χ1) is 10.8. The standard InChI is InChI=1S/C18H19N3O/c1-2-3-10-14-16(13-8-5-4-6-9-13)20-18(19)21-17(14)15-11-7-12-22-15/h4-9,11-12H,2-3,10H2,1H3,(H2,19,20,21). The van der Waals surface area contributed by atoms with Crippen LogP contribution in [-0.2, 0) is 6.42 Å². The molecule has 0 aliphatic rings. The van der Waals surface area contributed by atoms with Gasteiger partial charge in [0.05, 0.1) is 12.0 Å². The summed E-state index contributed by atoms with van der Waals surface area (Å²) in [5, 5.41) is 0. The van der Waals surface area contributed by atoms with Crippen molar-refractivity contribution in [3.05, 3.63) is 54.3 Å². The first-order valence-electron chi connectivity index (χ1n) is 7.55. The van der Waals surface area contributed by atoms with Crippen molar-refractivity contribution in [1.82, 2.24) is 9.97 Å². The van der Waals surface area contributed by atoms with Gasteiger partial charge in [0, 0.05) is 11.1 Å². The van der Waals surface area contributed by atoms with Gasteiger partial charge in [-0.05, 0) is 25.0 Å². The molecule has 3 aromatic rings. The van der Waals surface area contributed by atoms with Gasteiger partial charge in [0.1, 0.15) is 5.69 Å². The van der Waals surface area contributed by atoms with E-state index in [9.17, 15) is 0 Å². The molecule has 0 radical (unpaired) electrons. The average molecular weight is 293 g/mol. The van der Waals surface area contributed by atoms with Gasteiger partial charge in [-0.3, -0.25) is 0 Å². The lowest BCUT2D eigenvalue weighted by Crippen LogP contribution is -2.05. The monoisotopic (exact) mass is 293 g/mol. The fourth-order valence-electron chi connectivity index (χ4n) is 2.54. The lowest BCUT2D eigenvalue weighted by atomic mass is 9.98. The summed E-state index contributed by atoms with van der Waals surface area (Å²) < 4.78 is 5.54. The lowest BCUT2D eigenvalue weighted by Gasteiger charge is -2.13. The SMILES string of the molecule is CCCCc1c(-c2ccccc2)nc(N)nc1-c1ccco1. The van der Waals surface area contributed by atoms with Gasteiger partial charge in [-0.15, -0.1) is 0 Å². The number of benzene rings is 1. The van der Waals surface area contributed by atoms with Crippen molar-refractivity contribution in [2.75, 3.05) is 5.73 Å². The summed E-state index contributed by atoms with van der Waals surface area (Å²) in [4.78, 5) is 8.92. The normalized spacial score (nSPS) is 10.8. The molecule has 0 bridgehead atoms. The number of furan rings is 1. The highest BCUT2D eigenvalue weighted by molar-refractivity contribution is 5.72. The first-order valence-corrected chi connectivity index (χ1v) is 7.55. The van der Waals surface area contributed by atoms with E-state index >= 15 is 0 Å². The number of hydrogen-bond acceptors (Lipinski definition) is 4. The van der Waals surface area contributed by atoms with Gasteiger partial charge >= 0.3 is 0 Å². The van der Waals surface area contributed by atoms with E-state index in [4.69, 9.17) is 10.2 Å². The summed E-state index contributed by atoms with van der Waals surface area (Å²) in [6, 6.07) is 13.9. The van der Waals surface area contributed by atoms with Crippen LogP contribution < -0.4 is 5.73 Å². The molecule has 0 atom stereocenters. The molecule has 0 amide bonds. The number of rotatable bonds is 5. The van der Waals surface area contributed by atoms with E-state index in [1.165, 1.54) is 0 Å². The van der Waals surface area contributed by atoms with E-state index in [0.717, 1.165) is 47.5 Å². The number of unbranched alkanes of at least 4 members (excludes halogenated alkanes) is 1. The molecule has 2 N–H and O–H groups in total. The fraction of sp³-hybridized carbons (Fsp3) is 0.222. The van der Waals surface area contributed by atoms with Gasteiger partial charge in [-0.1, -0.05) is 43.7 Å². The van der Waals surface area contributed by atoms with Crippen molar-refractivity contribution in [3.63, 3.8) is 0 Å². The summed E-state index contributed by atoms with van der Waals surface area (Å²) in [5.41, 5.74) is 9.77. The Balaban J connectivity index is 2.20. The summed E-state index contributed by atoms with van der Waals surface area (Å²) in [6.45, 7) is 2.17. The third-order valence-electron chi connectivity index (χ3n) is 3.61. The highest BCUT2D eigenvalue weighted by Gasteiger charge is 2.17. The second kappa shape index (κ2) is 6.43. The minimum Gasteiger partial charge on any atom is -0.463 e. The molecule has 112 valence electrons. The van der Waals surface area contributed by atoms with Gasteiger partial charge in [0.25, 0.3) is 0 Å². The van der Waals surface area contributed by atoms with Crippen LogP contribution in [0.15, 0.2) is 53.1 Å². The summed E-state index contributed by atoms with van der Waals surface area (Å²) in [6.07, 6.45) is 4.73. The van der Waals surface area contributed by atoms with E-state index in [1.54, 1.807) is 6.26 Å². The Labute approximate surface area is 130 Å². The Kier molecular flexibility index (Phi) is 4.19. The number of nitrogens with zero attached hydrogens (tertiary/aromatic N) is 2. The molecule has 2 aromatic heterocycles. The molecule has 0 aliphatic carbocycles. The van der Waals surface area contributed by atoms with E-state index in [0.29, 0.717) is 0 Å². The smallest absolute Gasteiger partial charge is 0.221 e. The molecule has 0 saturated carbocycles. The predicted molar refractivity (Wildman–Crippen MR) is 88.2 cm³/mol. The maximum absolute atomic E-state index is 5.94. The van der Waals surface area contributed by atoms with Crippen molar-refractivity contribution < 1.29 is 4.42 Å². The van der Waals surface area contributed by atoms with Crippen LogP contribution in [0.25, 0.3) is 22.7 Å². The molecule has 0 aliphatic heterocycles. The van der Waals surface area contributed by atoms with Crippen molar-refractivity contribution in [1.29, 1.82) is 0 Å². The van der Waals surface area contributed by atoms with Gasteiger partial charge in [0.2, 0.25) is 5.95 Å². The Morgan fingerprint density at radius 1 is 1.00 bits per heavy atom. The maximum Gasteiger partial charge on any atom is 0.221 e. The molecule has 4 nitrogen and oxygen atoms in total. The topological polar surface area (TPSA) is 64.9 Å². The summed E-state index contributed by atoms with van der Waals surface area (Å²) >= 11 is 0. The molecule has 22 heavy (non-hydrogen) atoms. The molecule has 0 saturated heterocycles. The minimum atomic E-state index is 0.269. The molecule has 4 heteroatoms. The molecule has 3 rings (SSSR count). The molecule has 2 heterocycles. The van der Waals surface area contributed by atoms with Gasteiger partial charge in [-0.25, -0.2) is 9.97 Å². The molecular weight excluding hydrogens is 274 g/mol. The molecule has 0 fully saturated rings. The number of aromatic nitrogens is 2. The van der Waals surface area contributed by atoms with Crippen LogP contribution in [0, 0.1) is 0 Å². The Hall–Kier alpha value is -2.62. The van der Waals surface area contributed by atoms with Crippen molar-refractivity contribution in [3.8, 4) is 22.7 Å². The van der Waals surface area contributed by atoms with Crippen LogP contribution >= 0.6 is 0 Å². The van der Waals surface area contributed by atoms with Crippen LogP contribution in [0.2, 0.25) is 0 Å². The number of hydrogen-bond donors (Lipinski definition) is 1. The van der Waals surface area contributed by atoms with Crippen LogP contribution in [0.1, 0.15) is 25.3 Å². The van der Waals surface area contributed by atoms with E-state index < -0.39 is 0 Å². The third kappa shape index (κ3) is 2.86. The predicted octanol–water partition coefficient (Wildman–Crippen LogP) is 4.33. The van der Waals surface area contributed by atoms with E-state index in [2.05, 4.69) is 16.9 Å². The van der Waals surface area contributed by atoms with Crippen LogP contribution in [0.3, 0.4) is 0 Å². The highest BCUT2D eigenvalue weighted by atomic mass is 16.3. The Bertz CT molecular complexity index is 737. The molecule has 0 unspecified atom stereocenters. The lowest BCUT2D eigenvalue weighted by molar-refractivity contribution is 0.578. The number of nitrogen functional groups attached to an aromatic ring is 1. The van der Waals surface area contributed by atoms with Crippen LogP contribution in [-0.4, -0.2) is 9.97 Å². The van der Waals surface area contributed by atoms with Gasteiger partial charge in [0.15, 0.2) is 5.76 Å². The van der Waals surface area contributed by atoms with E-state index in [1.807, 2.05) is 42.5 Å². The Morgan fingerprint density at radius 2 is 1.77 bits per heavy atom. The molecular formula is C18H19N3O. The fourth-order valence-corrected chi connectivity index (χ4v) is 2.54. The number of anilines is 1. The summed E-state index contributed by atoms with van der Waals surface area (Å²) in [7, 11) is 0. The zero-order chi connectivity index (χ0) is 15.4. The second-order valence-electron chi connectivity index (χ2n) is 5.20. The van der Waals surface area contributed by atoms with Crippen LogP contribution in [0.4, 0.5) is 5.95 Å². The second-order valence-corrected chi connectivity index (χ2v) is 5.20. The van der Waals surface area contributed by atoms with Crippen LogP contribution in [0.5, 0.6) is 0 Å². The van der Waals surface area contributed by atoms with Crippen molar-refractivity contribution in [2.45, 2.75) is 26.2 Å². The number of nitrogens with two attached hydrogens (primary N) is 1. The minimum absolute atomic E-state index is 0.269. The Morgan fingerprint density at radius 3 is 2.45 bits per heavy atom. The maximum atomic E-state index is 5.94.